The minimum atomic E-state index is -0.108. The van der Waals surface area contributed by atoms with E-state index in [0.29, 0.717) is 27.7 Å². The molecule has 1 aliphatic heterocycles. The molecule has 1 saturated heterocycles. The minimum Gasteiger partial charge on any atom is -0.368 e. The molecule has 1 fully saturated rings. The third-order valence-corrected chi connectivity index (χ3v) is 5.77. The normalized spacial score (nSPS) is 15.3. The Labute approximate surface area is 180 Å². The zero-order valence-corrected chi connectivity index (χ0v) is 17.8. The number of aryl methyl sites for hydroxylation is 1. The van der Waals surface area contributed by atoms with Crippen LogP contribution in [0.15, 0.2) is 36.5 Å². The number of H-pyrrole nitrogens is 1. The summed E-state index contributed by atoms with van der Waals surface area (Å²) >= 11 is 6.26. The van der Waals surface area contributed by atoms with Gasteiger partial charge in [0.15, 0.2) is 0 Å². The molecule has 0 aliphatic carbocycles. The summed E-state index contributed by atoms with van der Waals surface area (Å²) < 4.78 is 0. The van der Waals surface area contributed by atoms with E-state index in [9.17, 15) is 4.79 Å². The van der Waals surface area contributed by atoms with Crippen molar-refractivity contribution in [2.24, 2.45) is 0 Å². The number of piperidine rings is 1. The fourth-order valence-electron chi connectivity index (χ4n) is 3.79. The van der Waals surface area contributed by atoms with Crippen molar-refractivity contribution in [1.29, 1.82) is 0 Å². The Hall–Kier alpha value is -2.90. The molecule has 3 aromatic rings. The summed E-state index contributed by atoms with van der Waals surface area (Å²) in [5.74, 6) is 0.0726. The van der Waals surface area contributed by atoms with Gasteiger partial charge in [0, 0.05) is 22.8 Å². The highest BCUT2D eigenvalue weighted by Gasteiger charge is 2.24. The lowest BCUT2D eigenvalue weighted by atomic mass is 10.0. The summed E-state index contributed by atoms with van der Waals surface area (Å²) in [6.07, 6.45) is 3.47. The van der Waals surface area contributed by atoms with Gasteiger partial charge in [-0.2, -0.15) is 0 Å². The Morgan fingerprint density at radius 3 is 2.77 bits per heavy atom. The van der Waals surface area contributed by atoms with Gasteiger partial charge in [0.2, 0.25) is 5.95 Å². The summed E-state index contributed by atoms with van der Waals surface area (Å²) in [7, 11) is 2.10. The van der Waals surface area contributed by atoms with Gasteiger partial charge in [0.05, 0.1) is 22.6 Å². The van der Waals surface area contributed by atoms with Crippen molar-refractivity contribution in [3.8, 4) is 22.6 Å². The van der Waals surface area contributed by atoms with Gasteiger partial charge in [-0.25, -0.2) is 9.97 Å². The second-order valence-electron chi connectivity index (χ2n) is 7.78. The average Bonchev–Trinajstić information content (AvgIpc) is 3.17. The van der Waals surface area contributed by atoms with Crippen LogP contribution in [0.2, 0.25) is 5.02 Å². The molecule has 7 nitrogen and oxygen atoms in total. The smallest absolute Gasteiger partial charge is 0.253 e. The average molecular weight is 425 g/mol. The minimum absolute atomic E-state index is 0.108. The van der Waals surface area contributed by atoms with Crippen LogP contribution in [0.1, 0.15) is 28.8 Å². The van der Waals surface area contributed by atoms with Gasteiger partial charge in [0.25, 0.3) is 5.91 Å². The molecule has 2 aromatic heterocycles. The van der Waals surface area contributed by atoms with Crippen LogP contribution in [0, 0.1) is 6.92 Å². The van der Waals surface area contributed by atoms with Gasteiger partial charge >= 0.3 is 0 Å². The molecule has 1 aromatic carbocycles. The Balaban J connectivity index is 1.73. The topological polar surface area (TPSA) is 99.9 Å². The number of likely N-dealkylation sites (tertiary alicyclic amines) is 1. The van der Waals surface area contributed by atoms with Crippen molar-refractivity contribution in [3.63, 3.8) is 0 Å². The fraction of sp³-hybridized carbons (Fsp3) is 0.318. The van der Waals surface area contributed by atoms with E-state index in [1.54, 1.807) is 12.3 Å². The Bertz CT molecular complexity index is 1070. The van der Waals surface area contributed by atoms with E-state index < -0.39 is 0 Å². The highest BCUT2D eigenvalue weighted by Crippen LogP contribution is 2.32. The lowest BCUT2D eigenvalue weighted by molar-refractivity contribution is 0.0917. The van der Waals surface area contributed by atoms with Crippen molar-refractivity contribution >= 4 is 23.5 Å². The van der Waals surface area contributed by atoms with Crippen LogP contribution in [0.5, 0.6) is 0 Å². The highest BCUT2D eigenvalue weighted by atomic mass is 35.5. The van der Waals surface area contributed by atoms with Crippen LogP contribution in [-0.4, -0.2) is 51.9 Å². The van der Waals surface area contributed by atoms with Gasteiger partial charge in [-0.3, -0.25) is 4.79 Å². The summed E-state index contributed by atoms with van der Waals surface area (Å²) in [5.41, 5.74) is 10.3. The number of nitrogens with zero attached hydrogens (tertiary/aromatic N) is 3. The number of anilines is 1. The Kier molecular flexibility index (Phi) is 5.74. The second kappa shape index (κ2) is 8.45. The van der Waals surface area contributed by atoms with Crippen LogP contribution in [0.3, 0.4) is 0 Å². The first kappa shape index (κ1) is 20.4. The summed E-state index contributed by atoms with van der Waals surface area (Å²) in [5, 5.41) is 3.81. The molecule has 0 radical (unpaired) electrons. The summed E-state index contributed by atoms with van der Waals surface area (Å²) in [6, 6.07) is 9.40. The van der Waals surface area contributed by atoms with Gasteiger partial charge in [0.1, 0.15) is 0 Å². The van der Waals surface area contributed by atoms with E-state index in [1.807, 2.05) is 31.2 Å². The van der Waals surface area contributed by atoms with Crippen LogP contribution >= 0.6 is 11.6 Å². The SMILES string of the molecule is Cc1ccc(Cl)cc1-c1[nH]c(-c2ccnc(N)n2)cc1C(=O)NC1CCN(C)CC1. The molecule has 4 rings (SSSR count). The molecule has 1 aliphatic rings. The number of aromatic amines is 1. The molecule has 30 heavy (non-hydrogen) atoms. The van der Waals surface area contributed by atoms with Gasteiger partial charge in [-0.15, -0.1) is 0 Å². The maximum absolute atomic E-state index is 13.3. The maximum Gasteiger partial charge on any atom is 0.253 e. The van der Waals surface area contributed by atoms with Crippen molar-refractivity contribution in [3.05, 3.63) is 52.7 Å². The van der Waals surface area contributed by atoms with Crippen LogP contribution in [0.4, 0.5) is 5.95 Å². The second-order valence-corrected chi connectivity index (χ2v) is 8.22. The number of nitrogens with two attached hydrogens (primary N) is 1. The molecule has 4 N–H and O–H groups in total. The molecular formula is C22H25ClN6O. The van der Waals surface area contributed by atoms with Crippen LogP contribution in [-0.2, 0) is 0 Å². The van der Waals surface area contributed by atoms with E-state index in [4.69, 9.17) is 17.3 Å². The number of aromatic nitrogens is 3. The first-order valence-corrected chi connectivity index (χ1v) is 10.4. The van der Waals surface area contributed by atoms with Crippen molar-refractivity contribution in [1.82, 2.24) is 25.2 Å². The van der Waals surface area contributed by atoms with Gasteiger partial charge in [-0.05, 0) is 69.7 Å². The number of nitrogens with one attached hydrogen (secondary N) is 2. The Morgan fingerprint density at radius 1 is 1.27 bits per heavy atom. The molecule has 0 spiro atoms. The lowest BCUT2D eigenvalue weighted by Gasteiger charge is -2.29. The number of benzene rings is 1. The van der Waals surface area contributed by atoms with E-state index in [-0.39, 0.29) is 17.9 Å². The molecular weight excluding hydrogens is 400 g/mol. The molecule has 1 amide bonds. The standard InChI is InChI=1S/C22H25ClN6O/c1-13-3-4-14(23)11-16(13)20-17(21(30)26-15-6-9-29(2)10-7-15)12-19(27-20)18-5-8-25-22(24)28-18/h3-5,8,11-12,15,27H,6-7,9-10H2,1-2H3,(H,26,30)(H2,24,25,28). The molecule has 8 heteroatoms. The first-order chi connectivity index (χ1) is 14.4. The fourth-order valence-corrected chi connectivity index (χ4v) is 3.96. The van der Waals surface area contributed by atoms with Crippen molar-refractivity contribution in [2.75, 3.05) is 25.9 Å². The number of hydrogen-bond acceptors (Lipinski definition) is 5. The number of rotatable bonds is 4. The summed E-state index contributed by atoms with van der Waals surface area (Å²) in [4.78, 5) is 27.1. The molecule has 0 saturated carbocycles. The van der Waals surface area contributed by atoms with Crippen LogP contribution < -0.4 is 11.1 Å². The molecule has 0 atom stereocenters. The quantitative estimate of drug-likeness (QED) is 0.595. The third-order valence-electron chi connectivity index (χ3n) is 5.54. The number of carbonyl (C=O) groups is 1. The third kappa shape index (κ3) is 4.32. The molecule has 3 heterocycles. The van der Waals surface area contributed by atoms with E-state index >= 15 is 0 Å². The van der Waals surface area contributed by atoms with E-state index in [1.165, 1.54) is 0 Å². The lowest BCUT2D eigenvalue weighted by Crippen LogP contribution is -2.43. The van der Waals surface area contributed by atoms with Crippen molar-refractivity contribution in [2.45, 2.75) is 25.8 Å². The number of amides is 1. The summed E-state index contributed by atoms with van der Waals surface area (Å²) in [6.45, 7) is 3.95. The zero-order chi connectivity index (χ0) is 21.3. The molecule has 0 unspecified atom stereocenters. The number of nitrogen functional groups attached to an aromatic ring is 1. The number of hydrogen-bond donors (Lipinski definition) is 3. The monoisotopic (exact) mass is 424 g/mol. The maximum atomic E-state index is 13.3. The predicted molar refractivity (Wildman–Crippen MR) is 119 cm³/mol. The molecule has 156 valence electrons. The van der Waals surface area contributed by atoms with Gasteiger partial charge in [-0.1, -0.05) is 17.7 Å². The predicted octanol–water partition coefficient (Wildman–Crippen LogP) is 3.51. The van der Waals surface area contributed by atoms with Crippen molar-refractivity contribution < 1.29 is 4.79 Å². The highest BCUT2D eigenvalue weighted by molar-refractivity contribution is 6.31. The largest absolute Gasteiger partial charge is 0.368 e. The zero-order valence-electron chi connectivity index (χ0n) is 17.1. The van der Waals surface area contributed by atoms with Crippen LogP contribution in [0.25, 0.3) is 22.6 Å². The number of halogens is 1. The van der Waals surface area contributed by atoms with Gasteiger partial charge < -0.3 is 20.9 Å². The molecule has 0 bridgehead atoms. The first-order valence-electron chi connectivity index (χ1n) is 9.98. The van der Waals surface area contributed by atoms with E-state index in [2.05, 4.69) is 32.2 Å². The van der Waals surface area contributed by atoms with E-state index in [0.717, 1.165) is 37.1 Å². The number of carbonyl (C=O) groups excluding carboxylic acids is 1. The Morgan fingerprint density at radius 2 is 2.03 bits per heavy atom.